The van der Waals surface area contributed by atoms with Crippen LogP contribution in [0.4, 0.5) is 11.4 Å². The van der Waals surface area contributed by atoms with Crippen molar-refractivity contribution >= 4 is 27.3 Å². The largest absolute Gasteiger partial charge is 0.357 e. The minimum atomic E-state index is -3.17. The second-order valence-electron chi connectivity index (χ2n) is 5.15. The predicted octanol–water partition coefficient (Wildman–Crippen LogP) is 1.04. The van der Waals surface area contributed by atoms with Crippen molar-refractivity contribution in [3.8, 4) is 0 Å². The molecule has 7 heteroatoms. The second-order valence-corrected chi connectivity index (χ2v) is 7.17. The molecule has 1 aromatic rings. The van der Waals surface area contributed by atoms with Crippen LogP contribution >= 0.6 is 0 Å². The molecule has 0 saturated carbocycles. The first kappa shape index (κ1) is 13.9. The average molecular weight is 307 g/mol. The Balaban J connectivity index is 1.75. The van der Waals surface area contributed by atoms with Gasteiger partial charge in [0.2, 0.25) is 15.9 Å². The molecule has 1 aromatic carbocycles. The van der Waals surface area contributed by atoms with Gasteiger partial charge >= 0.3 is 0 Å². The van der Waals surface area contributed by atoms with Crippen LogP contribution in [0.2, 0.25) is 0 Å². The SMILES string of the molecule is O=C1C=C(Nc2ccc(N3CCCCS3(=O)=O)cc2)CN1. The molecule has 1 amide bonds. The molecule has 0 radical (unpaired) electrons. The number of carbonyl (C=O) groups excluding carboxylic acids is 1. The van der Waals surface area contributed by atoms with Gasteiger partial charge in [0, 0.05) is 24.0 Å². The van der Waals surface area contributed by atoms with Crippen molar-refractivity contribution in [3.05, 3.63) is 36.0 Å². The van der Waals surface area contributed by atoms with E-state index in [4.69, 9.17) is 0 Å². The van der Waals surface area contributed by atoms with E-state index in [-0.39, 0.29) is 11.7 Å². The lowest BCUT2D eigenvalue weighted by atomic mass is 10.2. The number of anilines is 2. The number of hydrogen-bond donors (Lipinski definition) is 2. The highest BCUT2D eigenvalue weighted by molar-refractivity contribution is 7.92. The third-order valence-electron chi connectivity index (χ3n) is 3.57. The Labute approximate surface area is 123 Å². The minimum absolute atomic E-state index is 0.103. The van der Waals surface area contributed by atoms with E-state index in [1.54, 1.807) is 12.1 Å². The molecule has 112 valence electrons. The Bertz CT molecular complexity index is 680. The maximum Gasteiger partial charge on any atom is 0.246 e. The fourth-order valence-electron chi connectivity index (χ4n) is 2.50. The van der Waals surface area contributed by atoms with E-state index >= 15 is 0 Å². The average Bonchev–Trinajstić information content (AvgIpc) is 2.85. The molecule has 6 nitrogen and oxygen atoms in total. The summed E-state index contributed by atoms with van der Waals surface area (Å²) in [6.45, 7) is 1.03. The van der Waals surface area contributed by atoms with Gasteiger partial charge in [-0.25, -0.2) is 8.42 Å². The molecule has 2 heterocycles. The summed E-state index contributed by atoms with van der Waals surface area (Å²) in [7, 11) is -3.17. The van der Waals surface area contributed by atoms with Crippen LogP contribution in [0, 0.1) is 0 Å². The smallest absolute Gasteiger partial charge is 0.246 e. The fourth-order valence-corrected chi connectivity index (χ4v) is 4.14. The maximum atomic E-state index is 12.0. The summed E-state index contributed by atoms with van der Waals surface area (Å²) in [5.41, 5.74) is 2.32. The molecule has 0 aromatic heterocycles. The highest BCUT2D eigenvalue weighted by Gasteiger charge is 2.25. The molecule has 1 saturated heterocycles. The maximum absolute atomic E-state index is 12.0. The summed E-state index contributed by atoms with van der Waals surface area (Å²) in [5.74, 6) is 0.113. The highest BCUT2D eigenvalue weighted by Crippen LogP contribution is 2.25. The first-order valence-corrected chi connectivity index (χ1v) is 8.51. The molecule has 0 bridgehead atoms. The molecular formula is C14H17N3O3S. The summed E-state index contributed by atoms with van der Waals surface area (Å²) >= 11 is 0. The summed E-state index contributed by atoms with van der Waals surface area (Å²) in [5, 5.41) is 5.81. The number of nitrogens with zero attached hydrogens (tertiary/aromatic N) is 1. The lowest BCUT2D eigenvalue weighted by Crippen LogP contribution is -2.37. The summed E-state index contributed by atoms with van der Waals surface area (Å²) in [6.07, 6.45) is 3.14. The van der Waals surface area contributed by atoms with Crippen molar-refractivity contribution < 1.29 is 13.2 Å². The third kappa shape index (κ3) is 3.02. The first-order valence-electron chi connectivity index (χ1n) is 6.90. The molecule has 0 spiro atoms. The molecule has 0 unspecified atom stereocenters. The number of benzene rings is 1. The summed E-state index contributed by atoms with van der Waals surface area (Å²) < 4.78 is 25.5. The number of hydrogen-bond acceptors (Lipinski definition) is 4. The van der Waals surface area contributed by atoms with Crippen molar-refractivity contribution in [2.45, 2.75) is 12.8 Å². The third-order valence-corrected chi connectivity index (χ3v) is 5.44. The van der Waals surface area contributed by atoms with E-state index in [1.165, 1.54) is 10.4 Å². The molecule has 0 atom stereocenters. The quantitative estimate of drug-likeness (QED) is 0.874. The van der Waals surface area contributed by atoms with Gasteiger partial charge in [-0.15, -0.1) is 0 Å². The van der Waals surface area contributed by atoms with Crippen LogP contribution in [0.25, 0.3) is 0 Å². The Kier molecular flexibility index (Phi) is 3.59. The lowest BCUT2D eigenvalue weighted by molar-refractivity contribution is -0.115. The summed E-state index contributed by atoms with van der Waals surface area (Å²) in [6, 6.07) is 7.22. The number of carbonyl (C=O) groups is 1. The normalized spacial score (nSPS) is 20.9. The second kappa shape index (κ2) is 5.40. The van der Waals surface area contributed by atoms with Crippen LogP contribution in [0.1, 0.15) is 12.8 Å². The van der Waals surface area contributed by atoms with Crippen LogP contribution < -0.4 is 14.9 Å². The van der Waals surface area contributed by atoms with Crippen LogP contribution in [0.15, 0.2) is 36.0 Å². The van der Waals surface area contributed by atoms with Crippen LogP contribution in [0.3, 0.4) is 0 Å². The van der Waals surface area contributed by atoms with E-state index in [9.17, 15) is 13.2 Å². The minimum Gasteiger partial charge on any atom is -0.357 e. The van der Waals surface area contributed by atoms with E-state index < -0.39 is 10.0 Å². The number of nitrogens with one attached hydrogen (secondary N) is 2. The van der Waals surface area contributed by atoms with Crippen molar-refractivity contribution in [3.63, 3.8) is 0 Å². The van der Waals surface area contributed by atoms with Crippen molar-refractivity contribution in [1.82, 2.24) is 5.32 Å². The van der Waals surface area contributed by atoms with Crippen molar-refractivity contribution in [2.75, 3.05) is 28.5 Å². The topological polar surface area (TPSA) is 78.5 Å². The Morgan fingerprint density at radius 2 is 1.90 bits per heavy atom. The van der Waals surface area contributed by atoms with Crippen LogP contribution in [-0.4, -0.2) is 33.2 Å². The monoisotopic (exact) mass is 307 g/mol. The molecule has 1 fully saturated rings. The molecule has 2 aliphatic heterocycles. The fraction of sp³-hybridized carbons (Fsp3) is 0.357. The standard InChI is InChI=1S/C14H17N3O3S/c18-14-9-12(10-15-14)16-11-3-5-13(6-4-11)17-7-1-2-8-21(17,19)20/h3-6,9,16H,1-2,7-8,10H2,(H,15,18). The number of sulfonamides is 1. The predicted molar refractivity (Wildman–Crippen MR) is 81.5 cm³/mol. The van der Waals surface area contributed by atoms with E-state index in [2.05, 4.69) is 10.6 Å². The number of amides is 1. The van der Waals surface area contributed by atoms with Gasteiger partial charge in [-0.05, 0) is 37.1 Å². The molecule has 2 aliphatic rings. The summed E-state index contributed by atoms with van der Waals surface area (Å²) in [4.78, 5) is 11.1. The Morgan fingerprint density at radius 1 is 1.14 bits per heavy atom. The van der Waals surface area contributed by atoms with Crippen LogP contribution in [-0.2, 0) is 14.8 Å². The van der Waals surface area contributed by atoms with Gasteiger partial charge < -0.3 is 10.6 Å². The van der Waals surface area contributed by atoms with Crippen molar-refractivity contribution in [1.29, 1.82) is 0 Å². The van der Waals surface area contributed by atoms with Gasteiger partial charge in [0.15, 0.2) is 0 Å². The first-order chi connectivity index (χ1) is 10.0. The van der Waals surface area contributed by atoms with E-state index in [1.807, 2.05) is 12.1 Å². The number of rotatable bonds is 3. The van der Waals surface area contributed by atoms with Gasteiger partial charge in [-0.3, -0.25) is 9.10 Å². The molecule has 2 N–H and O–H groups in total. The highest BCUT2D eigenvalue weighted by atomic mass is 32.2. The molecule has 0 aliphatic carbocycles. The van der Waals surface area contributed by atoms with Gasteiger partial charge in [0.25, 0.3) is 0 Å². The van der Waals surface area contributed by atoms with Gasteiger partial charge in [-0.2, -0.15) is 0 Å². The van der Waals surface area contributed by atoms with Crippen molar-refractivity contribution in [2.24, 2.45) is 0 Å². The van der Waals surface area contributed by atoms with E-state index in [0.29, 0.717) is 18.8 Å². The molecule has 21 heavy (non-hydrogen) atoms. The zero-order valence-electron chi connectivity index (χ0n) is 11.5. The Morgan fingerprint density at radius 3 is 2.52 bits per heavy atom. The van der Waals surface area contributed by atoms with Gasteiger partial charge in [0.1, 0.15) is 0 Å². The molecular weight excluding hydrogens is 290 g/mol. The van der Waals surface area contributed by atoms with Gasteiger partial charge in [-0.1, -0.05) is 0 Å². The van der Waals surface area contributed by atoms with Crippen LogP contribution in [0.5, 0.6) is 0 Å². The zero-order chi connectivity index (χ0) is 14.9. The Hall–Kier alpha value is -2.02. The van der Waals surface area contributed by atoms with E-state index in [0.717, 1.165) is 24.2 Å². The molecule has 3 rings (SSSR count). The van der Waals surface area contributed by atoms with Gasteiger partial charge in [0.05, 0.1) is 18.0 Å². The zero-order valence-corrected chi connectivity index (χ0v) is 12.3. The lowest BCUT2D eigenvalue weighted by Gasteiger charge is -2.28.